The topological polar surface area (TPSA) is 35.5 Å². The van der Waals surface area contributed by atoms with Crippen molar-refractivity contribution in [2.75, 3.05) is 6.61 Å². The van der Waals surface area contributed by atoms with Gasteiger partial charge < -0.3 is 9.16 Å². The largest absolute Gasteiger partial charge is 0.456 e. The lowest BCUT2D eigenvalue weighted by Gasteiger charge is -2.38. The summed E-state index contributed by atoms with van der Waals surface area (Å²) >= 11 is 0. The molecule has 1 unspecified atom stereocenters. The van der Waals surface area contributed by atoms with Gasteiger partial charge in [0.1, 0.15) is 0 Å². The van der Waals surface area contributed by atoms with Crippen LogP contribution < -0.4 is 0 Å². The van der Waals surface area contributed by atoms with Crippen LogP contribution in [0.15, 0.2) is 37.0 Å². The van der Waals surface area contributed by atoms with Crippen molar-refractivity contribution in [2.45, 2.75) is 77.6 Å². The molecule has 0 aliphatic carbocycles. The quantitative estimate of drug-likeness (QED) is 0.0919. The fourth-order valence-corrected chi connectivity index (χ4v) is 3.09. The van der Waals surface area contributed by atoms with E-state index in [4.69, 9.17) is 9.16 Å². The lowest BCUT2D eigenvalue weighted by atomic mass is 10.2. The van der Waals surface area contributed by atoms with E-state index in [1.165, 1.54) is 0 Å². The summed E-state index contributed by atoms with van der Waals surface area (Å²) in [4.78, 5) is 11.7. The van der Waals surface area contributed by atoms with Gasteiger partial charge >= 0.3 is 5.97 Å². The van der Waals surface area contributed by atoms with Crippen molar-refractivity contribution >= 4 is 14.3 Å². The zero-order valence-electron chi connectivity index (χ0n) is 17.4. The van der Waals surface area contributed by atoms with Crippen molar-refractivity contribution in [2.24, 2.45) is 0 Å². The fourth-order valence-electron chi connectivity index (χ4n) is 1.82. The molecular weight excluding hydrogens is 340 g/mol. The van der Waals surface area contributed by atoms with Gasteiger partial charge in [-0.25, -0.2) is 4.79 Å². The molecule has 0 aromatic rings. The van der Waals surface area contributed by atoms with Crippen molar-refractivity contribution in [1.29, 1.82) is 0 Å². The second kappa shape index (κ2) is 12.7. The number of hydrogen-bond donors (Lipinski definition) is 0. The van der Waals surface area contributed by atoms with E-state index in [9.17, 15) is 4.79 Å². The molecule has 0 fully saturated rings. The number of rotatable bonds is 10. The summed E-state index contributed by atoms with van der Waals surface area (Å²) < 4.78 is 11.5. The SMILES string of the molecule is C=CCCCCOC(=O)C#CCC(C=CC=CC)O[Si](C)(C)C(C)(C)C. The third kappa shape index (κ3) is 11.1. The molecule has 0 N–H and O–H groups in total. The van der Waals surface area contributed by atoms with Gasteiger partial charge in [-0.15, -0.1) is 6.58 Å². The average molecular weight is 377 g/mol. The molecule has 0 radical (unpaired) electrons. The van der Waals surface area contributed by atoms with Gasteiger partial charge in [-0.1, -0.05) is 57.1 Å². The Morgan fingerprint density at radius 1 is 1.23 bits per heavy atom. The van der Waals surface area contributed by atoms with E-state index in [2.05, 4.69) is 52.3 Å². The number of allylic oxidation sites excluding steroid dienone is 4. The van der Waals surface area contributed by atoms with Gasteiger partial charge in [0.15, 0.2) is 8.32 Å². The number of carbonyl (C=O) groups is 1. The molecule has 0 heterocycles. The van der Waals surface area contributed by atoms with Gasteiger partial charge in [-0.05, 0) is 44.3 Å². The summed E-state index contributed by atoms with van der Waals surface area (Å²) in [6, 6.07) is 0. The van der Waals surface area contributed by atoms with Crippen LogP contribution in [-0.4, -0.2) is 27.0 Å². The minimum atomic E-state index is -1.91. The summed E-state index contributed by atoms with van der Waals surface area (Å²) in [7, 11) is -1.91. The average Bonchev–Trinajstić information content (AvgIpc) is 2.53. The Morgan fingerprint density at radius 3 is 2.50 bits per heavy atom. The van der Waals surface area contributed by atoms with E-state index in [0.29, 0.717) is 13.0 Å². The van der Waals surface area contributed by atoms with Crippen molar-refractivity contribution in [3.63, 3.8) is 0 Å². The molecule has 0 aromatic heterocycles. The Hall–Kier alpha value is -1.57. The Bertz CT molecular complexity index is 542. The maximum absolute atomic E-state index is 11.7. The molecule has 146 valence electrons. The normalized spacial score (nSPS) is 13.5. The van der Waals surface area contributed by atoms with E-state index < -0.39 is 14.3 Å². The Morgan fingerprint density at radius 2 is 1.92 bits per heavy atom. The smallest absolute Gasteiger partial charge is 0.384 e. The van der Waals surface area contributed by atoms with Crippen LogP contribution >= 0.6 is 0 Å². The van der Waals surface area contributed by atoms with Crippen LogP contribution in [0.1, 0.15) is 53.4 Å². The Balaban J connectivity index is 4.71. The molecule has 0 aliphatic rings. The summed E-state index contributed by atoms with van der Waals surface area (Å²) in [6.45, 7) is 17.1. The van der Waals surface area contributed by atoms with E-state index in [1.54, 1.807) is 0 Å². The number of hydrogen-bond acceptors (Lipinski definition) is 3. The highest BCUT2D eigenvalue weighted by Crippen LogP contribution is 2.37. The lowest BCUT2D eigenvalue weighted by molar-refractivity contribution is -0.136. The fraction of sp³-hybridized carbons (Fsp3) is 0.591. The van der Waals surface area contributed by atoms with Crippen LogP contribution in [0.2, 0.25) is 18.1 Å². The maximum atomic E-state index is 11.7. The van der Waals surface area contributed by atoms with Crippen molar-refractivity contribution in [1.82, 2.24) is 0 Å². The van der Waals surface area contributed by atoms with E-state index in [1.807, 2.05) is 37.3 Å². The Labute approximate surface area is 161 Å². The summed E-state index contributed by atoms with van der Waals surface area (Å²) in [5, 5.41) is 0.123. The molecule has 0 amide bonds. The molecule has 0 aliphatic heterocycles. The molecule has 4 heteroatoms. The predicted molar refractivity (Wildman–Crippen MR) is 113 cm³/mol. The molecule has 0 bridgehead atoms. The molecular formula is C22H36O3Si. The highest BCUT2D eigenvalue weighted by molar-refractivity contribution is 6.74. The number of unbranched alkanes of at least 4 members (excludes halogenated alkanes) is 2. The molecule has 26 heavy (non-hydrogen) atoms. The molecule has 1 atom stereocenters. The molecule has 3 nitrogen and oxygen atoms in total. The van der Waals surface area contributed by atoms with Crippen LogP contribution in [0.5, 0.6) is 0 Å². The first-order chi connectivity index (χ1) is 12.1. The first-order valence-corrected chi connectivity index (χ1v) is 12.3. The van der Waals surface area contributed by atoms with Crippen molar-refractivity contribution < 1.29 is 14.0 Å². The molecule has 0 saturated carbocycles. The van der Waals surface area contributed by atoms with Crippen molar-refractivity contribution in [3.05, 3.63) is 37.0 Å². The lowest BCUT2D eigenvalue weighted by Crippen LogP contribution is -2.43. The monoisotopic (exact) mass is 376 g/mol. The van der Waals surface area contributed by atoms with Crippen LogP contribution in [0.4, 0.5) is 0 Å². The standard InChI is InChI=1S/C22H36O3Si/c1-8-10-12-14-19-24-21(23)18-15-17-20(16-13-11-9-2)25-26(6,7)22(3,4)5/h8-9,11,13,16,20H,1,10,12,14,17,19H2,2-7H3. The van der Waals surface area contributed by atoms with Crippen molar-refractivity contribution in [3.8, 4) is 11.8 Å². The molecule has 0 saturated heterocycles. The van der Waals surface area contributed by atoms with Crippen LogP contribution in [-0.2, 0) is 14.0 Å². The van der Waals surface area contributed by atoms with Gasteiger partial charge in [-0.2, -0.15) is 0 Å². The first-order valence-electron chi connectivity index (χ1n) is 9.38. The Kier molecular flexibility index (Phi) is 12.0. The van der Waals surface area contributed by atoms with Crippen LogP contribution in [0.3, 0.4) is 0 Å². The first kappa shape index (κ1) is 24.4. The second-order valence-corrected chi connectivity index (χ2v) is 12.5. The number of esters is 1. The second-order valence-electron chi connectivity index (χ2n) is 7.75. The minimum absolute atomic E-state index is 0.123. The van der Waals surface area contributed by atoms with Gasteiger partial charge in [0.05, 0.1) is 12.7 Å². The minimum Gasteiger partial charge on any atom is -0.456 e. The zero-order chi connectivity index (χ0) is 20.1. The van der Waals surface area contributed by atoms with Gasteiger partial charge in [0.25, 0.3) is 0 Å². The third-order valence-electron chi connectivity index (χ3n) is 4.41. The number of ether oxygens (including phenoxy) is 1. The van der Waals surface area contributed by atoms with Gasteiger partial charge in [-0.3, -0.25) is 0 Å². The summed E-state index contributed by atoms with van der Waals surface area (Å²) in [5.41, 5.74) is 0. The maximum Gasteiger partial charge on any atom is 0.384 e. The molecule has 0 spiro atoms. The van der Waals surface area contributed by atoms with Gasteiger partial charge in [0, 0.05) is 12.3 Å². The zero-order valence-corrected chi connectivity index (χ0v) is 18.4. The van der Waals surface area contributed by atoms with E-state index in [0.717, 1.165) is 19.3 Å². The van der Waals surface area contributed by atoms with Crippen LogP contribution in [0.25, 0.3) is 0 Å². The highest BCUT2D eigenvalue weighted by Gasteiger charge is 2.38. The van der Waals surface area contributed by atoms with E-state index >= 15 is 0 Å². The summed E-state index contributed by atoms with van der Waals surface area (Å²) in [5.74, 6) is 5.02. The van der Waals surface area contributed by atoms with Gasteiger partial charge in [0.2, 0.25) is 0 Å². The third-order valence-corrected chi connectivity index (χ3v) is 8.92. The van der Waals surface area contributed by atoms with Crippen LogP contribution in [0, 0.1) is 11.8 Å². The summed E-state index contributed by atoms with van der Waals surface area (Å²) in [6.07, 6.45) is 12.9. The van der Waals surface area contributed by atoms with E-state index in [-0.39, 0.29) is 11.1 Å². The molecule has 0 rings (SSSR count). The molecule has 0 aromatic carbocycles. The predicted octanol–water partition coefficient (Wildman–Crippen LogP) is 5.80. The number of carbonyl (C=O) groups excluding carboxylic acids is 1. The highest BCUT2D eigenvalue weighted by atomic mass is 28.4.